The lowest BCUT2D eigenvalue weighted by molar-refractivity contribution is 0.0150. The zero-order valence-corrected chi connectivity index (χ0v) is 16.5. The highest BCUT2D eigenvalue weighted by molar-refractivity contribution is 5.89. The molecule has 1 aliphatic rings. The second-order valence-corrected chi connectivity index (χ2v) is 7.51. The molecule has 1 aromatic heterocycles. The molecule has 0 spiro atoms. The van der Waals surface area contributed by atoms with Crippen molar-refractivity contribution in [3.63, 3.8) is 0 Å². The molecule has 1 atom stereocenters. The third-order valence-corrected chi connectivity index (χ3v) is 3.80. The van der Waals surface area contributed by atoms with E-state index in [0.29, 0.717) is 19.6 Å². The molecule has 0 saturated carbocycles. The van der Waals surface area contributed by atoms with Gasteiger partial charge in [0.1, 0.15) is 5.60 Å². The number of aryl methyl sites for hydroxylation is 1. The number of anilines is 1. The molecule has 11 heteroatoms. The van der Waals surface area contributed by atoms with Gasteiger partial charge in [0.2, 0.25) is 0 Å². The molecule has 1 aliphatic heterocycles. The van der Waals surface area contributed by atoms with Crippen LogP contribution in [0.5, 0.6) is 0 Å². The molecular formula is C17H27F2N5O4. The summed E-state index contributed by atoms with van der Waals surface area (Å²) in [5, 5.41) is 8.56. The van der Waals surface area contributed by atoms with Gasteiger partial charge >= 0.3 is 12.1 Å². The number of hydrogen-bond acceptors (Lipinski definition) is 5. The first-order valence-corrected chi connectivity index (χ1v) is 9.01. The van der Waals surface area contributed by atoms with E-state index in [4.69, 9.17) is 9.47 Å². The maximum atomic E-state index is 12.9. The van der Waals surface area contributed by atoms with Gasteiger partial charge in [-0.25, -0.2) is 18.4 Å². The van der Waals surface area contributed by atoms with Gasteiger partial charge in [-0.3, -0.25) is 4.68 Å². The van der Waals surface area contributed by atoms with Gasteiger partial charge in [-0.2, -0.15) is 5.10 Å². The lowest BCUT2D eigenvalue weighted by Crippen LogP contribution is -2.44. The monoisotopic (exact) mass is 403 g/mol. The van der Waals surface area contributed by atoms with Gasteiger partial charge in [0.25, 0.3) is 6.43 Å². The van der Waals surface area contributed by atoms with Crippen molar-refractivity contribution >= 4 is 17.8 Å². The van der Waals surface area contributed by atoms with Crippen LogP contribution in [0.4, 0.5) is 24.1 Å². The number of carbonyl (C=O) groups is 2. The van der Waals surface area contributed by atoms with Gasteiger partial charge in [0.05, 0.1) is 18.3 Å². The molecule has 0 radical (unpaired) electrons. The molecule has 1 saturated heterocycles. The van der Waals surface area contributed by atoms with E-state index in [1.165, 1.54) is 17.9 Å². The second kappa shape index (κ2) is 9.18. The number of carbonyl (C=O) groups excluding carboxylic acids is 2. The number of ether oxygens (including phenoxy) is 2. The van der Waals surface area contributed by atoms with Crippen LogP contribution in [0.3, 0.4) is 0 Å². The van der Waals surface area contributed by atoms with E-state index >= 15 is 0 Å². The fraction of sp³-hybridized carbons (Fsp3) is 0.706. The highest BCUT2D eigenvalue weighted by Gasteiger charge is 2.27. The third kappa shape index (κ3) is 6.63. The van der Waals surface area contributed by atoms with Crippen LogP contribution in [0.1, 0.15) is 39.3 Å². The van der Waals surface area contributed by atoms with Crippen LogP contribution in [-0.2, 0) is 16.5 Å². The van der Waals surface area contributed by atoms with Gasteiger partial charge in [-0.1, -0.05) is 0 Å². The first kappa shape index (κ1) is 21.9. The lowest BCUT2D eigenvalue weighted by Gasteiger charge is -2.28. The standard InChI is InChI=1S/C17H27F2N5O4/c1-17(2,3)28-16(26)24-6-5-7-27-11(9-24)8-20-15(25)21-12-10-23(4)22-13(12)14(18)19/h10-11,14H,5-9H2,1-4H3,(H2,20,21,25). The number of aromatic nitrogens is 2. The summed E-state index contributed by atoms with van der Waals surface area (Å²) < 4.78 is 38.1. The van der Waals surface area contributed by atoms with E-state index in [0.717, 1.165) is 0 Å². The summed E-state index contributed by atoms with van der Waals surface area (Å²) in [7, 11) is 1.49. The van der Waals surface area contributed by atoms with E-state index in [9.17, 15) is 18.4 Å². The van der Waals surface area contributed by atoms with Gasteiger partial charge in [-0.15, -0.1) is 0 Å². The fourth-order valence-corrected chi connectivity index (χ4v) is 2.65. The van der Waals surface area contributed by atoms with Crippen LogP contribution < -0.4 is 10.6 Å². The van der Waals surface area contributed by atoms with Gasteiger partial charge in [-0.05, 0) is 27.2 Å². The molecule has 158 valence electrons. The van der Waals surface area contributed by atoms with Crippen molar-refractivity contribution < 1.29 is 27.8 Å². The van der Waals surface area contributed by atoms with Crippen molar-refractivity contribution in [1.82, 2.24) is 20.0 Å². The highest BCUT2D eigenvalue weighted by Crippen LogP contribution is 2.24. The number of alkyl halides is 2. The number of nitrogens with one attached hydrogen (secondary N) is 2. The molecule has 9 nitrogen and oxygen atoms in total. The summed E-state index contributed by atoms with van der Waals surface area (Å²) in [4.78, 5) is 25.9. The normalized spacial score (nSPS) is 18.0. The Balaban J connectivity index is 1.88. The smallest absolute Gasteiger partial charge is 0.410 e. The molecule has 0 aliphatic carbocycles. The average Bonchev–Trinajstić information content (AvgIpc) is 2.79. The average molecular weight is 403 g/mol. The van der Waals surface area contributed by atoms with Crippen molar-refractivity contribution in [3.8, 4) is 0 Å². The summed E-state index contributed by atoms with van der Waals surface area (Å²) in [5.74, 6) is 0. The molecular weight excluding hydrogens is 376 g/mol. The van der Waals surface area contributed by atoms with E-state index in [2.05, 4.69) is 15.7 Å². The van der Waals surface area contributed by atoms with E-state index in [1.54, 1.807) is 25.7 Å². The molecule has 28 heavy (non-hydrogen) atoms. The Hall–Kier alpha value is -2.43. The number of halogens is 2. The molecule has 1 aromatic rings. The molecule has 2 heterocycles. The second-order valence-electron chi connectivity index (χ2n) is 7.51. The third-order valence-electron chi connectivity index (χ3n) is 3.80. The van der Waals surface area contributed by atoms with Crippen molar-refractivity contribution in [3.05, 3.63) is 11.9 Å². The topological polar surface area (TPSA) is 97.7 Å². The Kier molecular flexibility index (Phi) is 7.17. The van der Waals surface area contributed by atoms with Gasteiger partial charge < -0.3 is 25.0 Å². The quantitative estimate of drug-likeness (QED) is 0.805. The maximum absolute atomic E-state index is 12.9. The van der Waals surface area contributed by atoms with Gasteiger partial charge in [0.15, 0.2) is 5.69 Å². The SMILES string of the molecule is Cn1cc(NC(=O)NCC2CN(C(=O)OC(C)(C)C)CCCO2)c(C(F)F)n1. The molecule has 0 aromatic carbocycles. The number of rotatable bonds is 4. The minimum Gasteiger partial charge on any atom is -0.444 e. The molecule has 1 fully saturated rings. The zero-order valence-electron chi connectivity index (χ0n) is 16.5. The molecule has 0 bridgehead atoms. The van der Waals surface area contributed by atoms with Crippen LogP contribution in [0.25, 0.3) is 0 Å². The van der Waals surface area contributed by atoms with Crippen LogP contribution in [-0.4, -0.2) is 64.8 Å². The van der Waals surface area contributed by atoms with Gasteiger partial charge in [0, 0.05) is 32.9 Å². The summed E-state index contributed by atoms with van der Waals surface area (Å²) in [5.41, 5.74) is -1.17. The molecule has 1 unspecified atom stereocenters. The zero-order chi connectivity index (χ0) is 20.9. The number of hydrogen-bond donors (Lipinski definition) is 2. The van der Waals surface area contributed by atoms with Crippen molar-refractivity contribution in [2.24, 2.45) is 7.05 Å². The lowest BCUT2D eigenvalue weighted by atomic mass is 10.2. The van der Waals surface area contributed by atoms with Crippen molar-refractivity contribution in [1.29, 1.82) is 0 Å². The maximum Gasteiger partial charge on any atom is 0.410 e. The number of amides is 3. The number of urea groups is 1. The Morgan fingerprint density at radius 3 is 2.79 bits per heavy atom. The summed E-state index contributed by atoms with van der Waals surface area (Å²) in [6.45, 7) is 6.65. The Morgan fingerprint density at radius 2 is 2.14 bits per heavy atom. The summed E-state index contributed by atoms with van der Waals surface area (Å²) >= 11 is 0. The molecule has 3 amide bonds. The van der Waals surface area contributed by atoms with Crippen molar-refractivity contribution in [2.75, 3.05) is 31.6 Å². The molecule has 2 rings (SSSR count). The molecule has 2 N–H and O–H groups in total. The van der Waals surface area contributed by atoms with E-state index in [-0.39, 0.29) is 18.8 Å². The largest absolute Gasteiger partial charge is 0.444 e. The first-order chi connectivity index (χ1) is 13.0. The van der Waals surface area contributed by atoms with E-state index in [1.807, 2.05) is 0 Å². The predicted octanol–water partition coefficient (Wildman–Crippen LogP) is 2.51. The summed E-state index contributed by atoms with van der Waals surface area (Å²) in [6.07, 6.45) is -1.74. The first-order valence-electron chi connectivity index (χ1n) is 9.01. The van der Waals surface area contributed by atoms with E-state index < -0.39 is 35.9 Å². The summed E-state index contributed by atoms with van der Waals surface area (Å²) in [6, 6.07) is -0.661. The Morgan fingerprint density at radius 1 is 1.43 bits per heavy atom. The van der Waals surface area contributed by atoms with Crippen LogP contribution in [0.15, 0.2) is 6.20 Å². The van der Waals surface area contributed by atoms with Crippen LogP contribution >= 0.6 is 0 Å². The number of nitrogens with zero attached hydrogens (tertiary/aromatic N) is 3. The minimum atomic E-state index is -2.80. The van der Waals surface area contributed by atoms with Crippen molar-refractivity contribution in [2.45, 2.75) is 45.3 Å². The predicted molar refractivity (Wildman–Crippen MR) is 97.4 cm³/mol. The fourth-order valence-electron chi connectivity index (χ4n) is 2.65. The van der Waals surface area contributed by atoms with Crippen LogP contribution in [0, 0.1) is 0 Å². The Bertz CT molecular complexity index is 690. The van der Waals surface area contributed by atoms with Crippen LogP contribution in [0.2, 0.25) is 0 Å². The minimum absolute atomic E-state index is 0.0628. The highest BCUT2D eigenvalue weighted by atomic mass is 19.3. The Labute approximate surface area is 162 Å².